The molecule has 0 aromatic heterocycles. The van der Waals surface area contributed by atoms with Crippen molar-refractivity contribution >= 4 is 21.6 Å². The summed E-state index contributed by atoms with van der Waals surface area (Å²) in [7, 11) is -3.16. The lowest BCUT2D eigenvalue weighted by atomic mass is 9.94. The first kappa shape index (κ1) is 25.6. The summed E-state index contributed by atoms with van der Waals surface area (Å²) >= 11 is 0. The molecule has 7 nitrogen and oxygen atoms in total. The van der Waals surface area contributed by atoms with Gasteiger partial charge in [0.25, 0.3) is 0 Å². The summed E-state index contributed by atoms with van der Waals surface area (Å²) in [6.45, 7) is 9.04. The highest BCUT2D eigenvalue weighted by molar-refractivity contribution is 7.88. The van der Waals surface area contributed by atoms with Crippen LogP contribution >= 0.6 is 0 Å². The summed E-state index contributed by atoms with van der Waals surface area (Å²) in [6.07, 6.45) is 4.06. The maximum atomic E-state index is 11.9. The van der Waals surface area contributed by atoms with Gasteiger partial charge >= 0.3 is 5.97 Å². The molecule has 1 saturated heterocycles. The predicted octanol–water partition coefficient (Wildman–Crippen LogP) is 3.53. The van der Waals surface area contributed by atoms with E-state index in [-0.39, 0.29) is 0 Å². The van der Waals surface area contributed by atoms with Crippen LogP contribution < -0.4 is 0 Å². The number of nitrogens with zero attached hydrogens (tertiary/aromatic N) is 3. The van der Waals surface area contributed by atoms with Crippen molar-refractivity contribution in [3.63, 3.8) is 0 Å². The van der Waals surface area contributed by atoms with Gasteiger partial charge in [-0.1, -0.05) is 42.5 Å². The number of aromatic carboxylic acids is 1. The van der Waals surface area contributed by atoms with E-state index in [1.807, 2.05) is 12.1 Å². The second-order valence-corrected chi connectivity index (χ2v) is 11.8. The van der Waals surface area contributed by atoms with Gasteiger partial charge in [0.1, 0.15) is 0 Å². The van der Waals surface area contributed by atoms with Gasteiger partial charge in [0.15, 0.2) is 0 Å². The van der Waals surface area contributed by atoms with Crippen molar-refractivity contribution in [1.82, 2.24) is 14.1 Å². The molecular formula is C27H35N3O4S. The zero-order chi connectivity index (χ0) is 25.2. The van der Waals surface area contributed by atoms with Crippen LogP contribution in [0.1, 0.15) is 47.3 Å². The summed E-state index contributed by atoms with van der Waals surface area (Å²) in [6, 6.07) is 16.4. The molecule has 2 atom stereocenters. The van der Waals surface area contributed by atoms with Crippen LogP contribution in [0.5, 0.6) is 0 Å². The molecule has 2 aromatic rings. The quantitative estimate of drug-likeness (QED) is 0.630. The minimum absolute atomic E-state index is 0.316. The van der Waals surface area contributed by atoms with Crippen LogP contribution in [-0.2, 0) is 23.1 Å². The van der Waals surface area contributed by atoms with Gasteiger partial charge in [0, 0.05) is 51.4 Å². The van der Waals surface area contributed by atoms with E-state index in [9.17, 15) is 13.2 Å². The highest BCUT2D eigenvalue weighted by Gasteiger charge is 2.30. The molecular weight excluding hydrogens is 462 g/mol. The van der Waals surface area contributed by atoms with Gasteiger partial charge in [0.2, 0.25) is 10.0 Å². The van der Waals surface area contributed by atoms with Crippen LogP contribution in [0.4, 0.5) is 0 Å². The Morgan fingerprint density at radius 1 is 1.00 bits per heavy atom. The van der Waals surface area contributed by atoms with Gasteiger partial charge in [-0.25, -0.2) is 13.2 Å². The molecule has 2 heterocycles. The monoisotopic (exact) mass is 497 g/mol. The molecule has 0 unspecified atom stereocenters. The van der Waals surface area contributed by atoms with Crippen LogP contribution in [0.3, 0.4) is 0 Å². The molecule has 1 N–H and O–H groups in total. The first-order chi connectivity index (χ1) is 16.6. The predicted molar refractivity (Wildman–Crippen MR) is 139 cm³/mol. The lowest BCUT2D eigenvalue weighted by Crippen LogP contribution is -2.55. The van der Waals surface area contributed by atoms with E-state index in [0.717, 1.165) is 38.2 Å². The summed E-state index contributed by atoms with van der Waals surface area (Å²) in [4.78, 5) is 16.1. The molecule has 35 heavy (non-hydrogen) atoms. The zero-order valence-electron chi connectivity index (χ0n) is 20.7. The second kappa shape index (κ2) is 10.6. The lowest BCUT2D eigenvalue weighted by Gasteiger charge is -2.45. The van der Waals surface area contributed by atoms with E-state index in [0.29, 0.717) is 30.7 Å². The Hall–Kier alpha value is -2.52. The van der Waals surface area contributed by atoms with Crippen LogP contribution in [-0.4, -0.2) is 78.1 Å². The molecule has 0 radical (unpaired) electrons. The van der Waals surface area contributed by atoms with Gasteiger partial charge < -0.3 is 5.11 Å². The van der Waals surface area contributed by atoms with Crippen molar-refractivity contribution < 1.29 is 18.3 Å². The molecule has 4 rings (SSSR count). The molecule has 0 bridgehead atoms. The average molecular weight is 498 g/mol. The maximum Gasteiger partial charge on any atom is 0.335 e. The summed E-state index contributed by atoms with van der Waals surface area (Å²) in [5.74, 6) is -0.899. The fourth-order valence-corrected chi connectivity index (χ4v) is 6.05. The van der Waals surface area contributed by atoms with Gasteiger partial charge in [-0.15, -0.1) is 0 Å². The number of piperazine rings is 1. The van der Waals surface area contributed by atoms with Crippen LogP contribution in [0, 0.1) is 0 Å². The SMILES string of the molecule is C[C@@H]1CN(Cc2ccc(C(=O)O)cc2)C[C@H](C)N1Cc1ccccc1C1=CCN(S(C)(=O)=O)CC1. The van der Waals surface area contributed by atoms with Crippen molar-refractivity contribution in [2.24, 2.45) is 0 Å². The number of benzene rings is 2. The fraction of sp³-hybridized carbons (Fsp3) is 0.444. The van der Waals surface area contributed by atoms with Gasteiger partial charge in [0.05, 0.1) is 11.8 Å². The third kappa shape index (κ3) is 6.19. The summed E-state index contributed by atoms with van der Waals surface area (Å²) in [5.41, 5.74) is 5.17. The molecule has 8 heteroatoms. The Balaban J connectivity index is 1.43. The number of carboxylic acid groups (broad SMARTS) is 1. The molecule has 0 saturated carbocycles. The molecule has 2 aliphatic rings. The van der Waals surface area contributed by atoms with E-state index in [1.54, 1.807) is 12.1 Å². The topological polar surface area (TPSA) is 81.2 Å². The second-order valence-electron chi connectivity index (χ2n) is 9.82. The van der Waals surface area contributed by atoms with E-state index in [4.69, 9.17) is 5.11 Å². The Labute approximate surface area is 208 Å². The molecule has 188 valence electrons. The number of hydrogen-bond donors (Lipinski definition) is 1. The number of carboxylic acids is 1. The van der Waals surface area contributed by atoms with Crippen molar-refractivity contribution in [2.45, 2.75) is 45.4 Å². The number of sulfonamides is 1. The largest absolute Gasteiger partial charge is 0.478 e. The van der Waals surface area contributed by atoms with E-state index in [2.05, 4.69) is 54.0 Å². The van der Waals surface area contributed by atoms with Crippen LogP contribution in [0.15, 0.2) is 54.6 Å². The van der Waals surface area contributed by atoms with Crippen molar-refractivity contribution in [2.75, 3.05) is 32.4 Å². The Morgan fingerprint density at radius 2 is 1.66 bits per heavy atom. The molecule has 0 amide bonds. The van der Waals surface area contributed by atoms with E-state index < -0.39 is 16.0 Å². The third-order valence-electron chi connectivity index (χ3n) is 7.14. The normalized spacial score (nSPS) is 22.7. The Bertz CT molecular complexity index is 1180. The number of carbonyl (C=O) groups is 1. The van der Waals surface area contributed by atoms with Crippen LogP contribution in [0.2, 0.25) is 0 Å². The van der Waals surface area contributed by atoms with Crippen molar-refractivity contribution in [1.29, 1.82) is 0 Å². The Kier molecular flexibility index (Phi) is 7.76. The van der Waals surface area contributed by atoms with Crippen molar-refractivity contribution in [3.8, 4) is 0 Å². The zero-order valence-corrected chi connectivity index (χ0v) is 21.5. The standard InChI is InChI=1S/C27H35N3O4S/c1-20-16-28(18-22-8-10-24(11-9-22)27(31)32)17-21(2)30(20)19-25-6-4-5-7-26(25)23-12-14-29(15-13-23)35(3,33)34/h4-12,20-21H,13-19H2,1-3H3,(H,31,32)/t20-,21+. The van der Waals surface area contributed by atoms with Crippen LogP contribution in [0.25, 0.3) is 5.57 Å². The molecule has 2 aromatic carbocycles. The van der Waals surface area contributed by atoms with Gasteiger partial charge in [-0.3, -0.25) is 9.80 Å². The lowest BCUT2D eigenvalue weighted by molar-refractivity contribution is 0.0290. The Morgan fingerprint density at radius 3 is 2.23 bits per heavy atom. The number of rotatable bonds is 7. The first-order valence-corrected chi connectivity index (χ1v) is 14.0. The fourth-order valence-electron chi connectivity index (χ4n) is 5.28. The smallest absolute Gasteiger partial charge is 0.335 e. The maximum absolute atomic E-state index is 11.9. The van der Waals surface area contributed by atoms with Gasteiger partial charge in [-0.05, 0) is 54.7 Å². The van der Waals surface area contributed by atoms with E-state index in [1.165, 1.54) is 27.3 Å². The highest BCUT2D eigenvalue weighted by Crippen LogP contribution is 2.29. The minimum Gasteiger partial charge on any atom is -0.478 e. The highest BCUT2D eigenvalue weighted by atomic mass is 32.2. The summed E-state index contributed by atoms with van der Waals surface area (Å²) in [5, 5.41) is 9.12. The van der Waals surface area contributed by atoms with Crippen molar-refractivity contribution in [3.05, 3.63) is 76.9 Å². The molecule has 0 spiro atoms. The molecule has 0 aliphatic carbocycles. The average Bonchev–Trinajstić information content (AvgIpc) is 2.81. The third-order valence-corrected chi connectivity index (χ3v) is 8.41. The first-order valence-electron chi connectivity index (χ1n) is 12.1. The van der Waals surface area contributed by atoms with E-state index >= 15 is 0 Å². The van der Waals surface area contributed by atoms with Gasteiger partial charge in [-0.2, -0.15) is 4.31 Å². The minimum atomic E-state index is -3.16. The molecule has 2 aliphatic heterocycles. The molecule has 1 fully saturated rings. The number of hydrogen-bond acceptors (Lipinski definition) is 5. The summed E-state index contributed by atoms with van der Waals surface area (Å²) < 4.78 is 25.3.